The Bertz CT molecular complexity index is 770. The highest BCUT2D eigenvalue weighted by Gasteiger charge is 2.23. The van der Waals surface area contributed by atoms with Crippen molar-refractivity contribution >= 4 is 5.82 Å². The second-order valence-corrected chi connectivity index (χ2v) is 6.01. The van der Waals surface area contributed by atoms with Crippen molar-refractivity contribution in [2.24, 2.45) is 0 Å². The van der Waals surface area contributed by atoms with Crippen LogP contribution in [0.2, 0.25) is 0 Å². The number of H-pyrrole nitrogens is 1. The number of hydrogen-bond donors (Lipinski definition) is 2. The lowest BCUT2D eigenvalue weighted by Crippen LogP contribution is -2.32. The standard InChI is InChI=1S/C18H20N6/c1-2-8-20-17(5-1)24-9-6-16(13-24)21-11-15-12-22-23-18(15)14-4-3-7-19-10-14/h1-5,7-8,10,12,16,21H,6,9,11,13H2,(H,22,23)/t16-/m1/s1. The molecule has 1 fully saturated rings. The maximum atomic E-state index is 4.44. The van der Waals surface area contributed by atoms with Gasteiger partial charge in [-0.25, -0.2) is 4.98 Å². The monoisotopic (exact) mass is 320 g/mol. The van der Waals surface area contributed by atoms with Crippen molar-refractivity contribution in [3.05, 3.63) is 60.7 Å². The molecule has 1 aliphatic heterocycles. The van der Waals surface area contributed by atoms with Gasteiger partial charge in [-0.2, -0.15) is 5.10 Å². The number of pyridine rings is 2. The minimum atomic E-state index is 0.462. The second-order valence-electron chi connectivity index (χ2n) is 6.01. The van der Waals surface area contributed by atoms with Gasteiger partial charge in [0.15, 0.2) is 0 Å². The Morgan fingerprint density at radius 2 is 2.17 bits per heavy atom. The zero-order chi connectivity index (χ0) is 16.2. The molecule has 0 aromatic carbocycles. The van der Waals surface area contributed by atoms with Crippen molar-refractivity contribution in [3.8, 4) is 11.3 Å². The molecule has 4 rings (SSSR count). The zero-order valence-electron chi connectivity index (χ0n) is 13.4. The fraction of sp³-hybridized carbons (Fsp3) is 0.278. The fourth-order valence-corrected chi connectivity index (χ4v) is 3.14. The molecule has 0 radical (unpaired) electrons. The minimum Gasteiger partial charge on any atom is -0.355 e. The van der Waals surface area contributed by atoms with Crippen molar-refractivity contribution < 1.29 is 0 Å². The third-order valence-electron chi connectivity index (χ3n) is 4.41. The summed E-state index contributed by atoms with van der Waals surface area (Å²) in [5.41, 5.74) is 3.27. The van der Waals surface area contributed by atoms with Gasteiger partial charge in [-0.05, 0) is 30.7 Å². The lowest BCUT2D eigenvalue weighted by atomic mass is 10.1. The summed E-state index contributed by atoms with van der Waals surface area (Å²) in [5, 5.41) is 10.9. The van der Waals surface area contributed by atoms with Crippen LogP contribution in [0.15, 0.2) is 55.1 Å². The van der Waals surface area contributed by atoms with E-state index >= 15 is 0 Å². The van der Waals surface area contributed by atoms with E-state index in [2.05, 4.69) is 36.4 Å². The van der Waals surface area contributed by atoms with Crippen LogP contribution < -0.4 is 10.2 Å². The average Bonchev–Trinajstić information content (AvgIpc) is 3.31. The van der Waals surface area contributed by atoms with Crippen LogP contribution in [0, 0.1) is 0 Å². The van der Waals surface area contributed by atoms with E-state index in [1.807, 2.05) is 42.9 Å². The number of nitrogens with one attached hydrogen (secondary N) is 2. The van der Waals surface area contributed by atoms with E-state index < -0.39 is 0 Å². The van der Waals surface area contributed by atoms with Crippen LogP contribution in [-0.4, -0.2) is 39.3 Å². The van der Waals surface area contributed by atoms with Crippen LogP contribution in [0.1, 0.15) is 12.0 Å². The number of aromatic nitrogens is 4. The molecule has 0 saturated carbocycles. The predicted molar refractivity (Wildman–Crippen MR) is 93.5 cm³/mol. The van der Waals surface area contributed by atoms with E-state index in [9.17, 15) is 0 Å². The molecule has 0 amide bonds. The Kier molecular flexibility index (Phi) is 4.20. The summed E-state index contributed by atoms with van der Waals surface area (Å²) in [6, 6.07) is 10.5. The lowest BCUT2D eigenvalue weighted by molar-refractivity contribution is 0.552. The molecular weight excluding hydrogens is 300 g/mol. The smallest absolute Gasteiger partial charge is 0.128 e. The maximum absolute atomic E-state index is 4.44. The summed E-state index contributed by atoms with van der Waals surface area (Å²) in [6.45, 7) is 2.81. The SMILES string of the molecule is c1ccc(N2CC[C@@H](NCc3cn[nH]c3-c3cccnc3)C2)nc1. The molecule has 2 N–H and O–H groups in total. The second kappa shape index (κ2) is 6.80. The Hall–Kier alpha value is -2.73. The van der Waals surface area contributed by atoms with Gasteiger partial charge in [0.2, 0.25) is 0 Å². The van der Waals surface area contributed by atoms with E-state index in [1.165, 1.54) is 5.56 Å². The maximum Gasteiger partial charge on any atom is 0.128 e. The Labute approximate surface area is 141 Å². The summed E-state index contributed by atoms with van der Waals surface area (Å²) in [4.78, 5) is 10.9. The molecule has 4 heterocycles. The van der Waals surface area contributed by atoms with Crippen molar-refractivity contribution in [2.75, 3.05) is 18.0 Å². The van der Waals surface area contributed by atoms with Crippen LogP contribution in [0.4, 0.5) is 5.82 Å². The summed E-state index contributed by atoms with van der Waals surface area (Å²) in [6.07, 6.45) is 8.50. The van der Waals surface area contributed by atoms with Crippen LogP contribution in [0.5, 0.6) is 0 Å². The summed E-state index contributed by atoms with van der Waals surface area (Å²) in [5.74, 6) is 1.06. The molecule has 6 nitrogen and oxygen atoms in total. The van der Waals surface area contributed by atoms with E-state index in [-0.39, 0.29) is 0 Å². The molecule has 0 unspecified atom stereocenters. The first-order valence-electron chi connectivity index (χ1n) is 8.22. The molecule has 3 aromatic heterocycles. The molecule has 3 aromatic rings. The Balaban J connectivity index is 1.38. The van der Waals surface area contributed by atoms with Crippen LogP contribution in [0.3, 0.4) is 0 Å². The molecule has 24 heavy (non-hydrogen) atoms. The molecule has 0 bridgehead atoms. The molecule has 6 heteroatoms. The summed E-state index contributed by atoms with van der Waals surface area (Å²) < 4.78 is 0. The third-order valence-corrected chi connectivity index (χ3v) is 4.41. The van der Waals surface area contributed by atoms with Crippen LogP contribution in [-0.2, 0) is 6.54 Å². The highest BCUT2D eigenvalue weighted by Crippen LogP contribution is 2.21. The van der Waals surface area contributed by atoms with Crippen LogP contribution >= 0.6 is 0 Å². The van der Waals surface area contributed by atoms with Crippen molar-refractivity contribution in [3.63, 3.8) is 0 Å². The van der Waals surface area contributed by atoms with Crippen molar-refractivity contribution in [2.45, 2.75) is 19.0 Å². The summed E-state index contributed by atoms with van der Waals surface area (Å²) in [7, 11) is 0. The number of rotatable bonds is 5. The van der Waals surface area contributed by atoms with Gasteiger partial charge in [0.1, 0.15) is 5.82 Å². The van der Waals surface area contributed by atoms with Gasteiger partial charge in [0, 0.05) is 55.4 Å². The van der Waals surface area contributed by atoms with Gasteiger partial charge in [0.05, 0.1) is 11.9 Å². The first kappa shape index (κ1) is 14.8. The highest BCUT2D eigenvalue weighted by molar-refractivity contribution is 5.61. The van der Waals surface area contributed by atoms with E-state index in [1.54, 1.807) is 6.20 Å². The molecule has 0 spiro atoms. The Morgan fingerprint density at radius 1 is 1.17 bits per heavy atom. The Morgan fingerprint density at radius 3 is 3.00 bits per heavy atom. The van der Waals surface area contributed by atoms with Gasteiger partial charge >= 0.3 is 0 Å². The van der Waals surface area contributed by atoms with Gasteiger partial charge in [-0.3, -0.25) is 10.1 Å². The van der Waals surface area contributed by atoms with Gasteiger partial charge in [0.25, 0.3) is 0 Å². The third kappa shape index (κ3) is 3.14. The topological polar surface area (TPSA) is 69.7 Å². The highest BCUT2D eigenvalue weighted by atomic mass is 15.2. The molecule has 1 saturated heterocycles. The quantitative estimate of drug-likeness (QED) is 0.754. The molecule has 1 aliphatic rings. The summed E-state index contributed by atoms with van der Waals surface area (Å²) >= 11 is 0. The zero-order valence-corrected chi connectivity index (χ0v) is 13.4. The fourth-order valence-electron chi connectivity index (χ4n) is 3.14. The van der Waals surface area contributed by atoms with Gasteiger partial charge in [-0.15, -0.1) is 0 Å². The first-order chi connectivity index (χ1) is 11.9. The van der Waals surface area contributed by atoms with Crippen LogP contribution in [0.25, 0.3) is 11.3 Å². The van der Waals surface area contributed by atoms with Gasteiger partial charge in [-0.1, -0.05) is 6.07 Å². The number of nitrogens with zero attached hydrogens (tertiary/aromatic N) is 4. The normalized spacial score (nSPS) is 17.3. The van der Waals surface area contributed by atoms with E-state index in [4.69, 9.17) is 0 Å². The largest absolute Gasteiger partial charge is 0.355 e. The number of hydrogen-bond acceptors (Lipinski definition) is 5. The van der Waals surface area contributed by atoms with Gasteiger partial charge < -0.3 is 10.2 Å². The molecule has 0 aliphatic carbocycles. The number of anilines is 1. The van der Waals surface area contributed by atoms with E-state index in [0.29, 0.717) is 6.04 Å². The van der Waals surface area contributed by atoms with Crippen molar-refractivity contribution in [1.82, 2.24) is 25.5 Å². The molecule has 1 atom stereocenters. The minimum absolute atomic E-state index is 0.462. The average molecular weight is 320 g/mol. The van der Waals surface area contributed by atoms with E-state index in [0.717, 1.165) is 43.1 Å². The predicted octanol–water partition coefficient (Wildman–Crippen LogP) is 2.24. The molecule has 122 valence electrons. The lowest BCUT2D eigenvalue weighted by Gasteiger charge is -2.17. The molecular formula is C18H20N6. The first-order valence-corrected chi connectivity index (χ1v) is 8.22. The number of aromatic amines is 1. The van der Waals surface area contributed by atoms with Crippen molar-refractivity contribution in [1.29, 1.82) is 0 Å².